The van der Waals surface area contributed by atoms with Gasteiger partial charge in [-0.15, -0.1) is 0 Å². The standard InChI is InChI=1S/C15H20ClNO4/c1-15(2,14(19)20)9-17-13(18)7-5-10-4-6-12(21-3)11(16)8-10/h4,6,8H,5,7,9H2,1-3H3,(H,17,18)(H,19,20). The first-order chi connectivity index (χ1) is 9.76. The van der Waals surface area contributed by atoms with Gasteiger partial charge >= 0.3 is 5.97 Å². The Bertz CT molecular complexity index is 528. The molecule has 0 saturated carbocycles. The van der Waals surface area contributed by atoms with Crippen LogP contribution in [0.1, 0.15) is 25.8 Å². The molecule has 0 aromatic heterocycles. The average molecular weight is 314 g/mol. The number of carbonyl (C=O) groups is 2. The van der Waals surface area contributed by atoms with E-state index >= 15 is 0 Å². The molecule has 0 radical (unpaired) electrons. The van der Waals surface area contributed by atoms with Crippen molar-refractivity contribution in [1.82, 2.24) is 5.32 Å². The Labute approximate surface area is 129 Å². The molecule has 1 aromatic carbocycles. The normalized spacial score (nSPS) is 11.0. The van der Waals surface area contributed by atoms with Crippen LogP contribution in [-0.4, -0.2) is 30.6 Å². The predicted octanol–water partition coefficient (Wildman–Crippen LogP) is 2.51. The number of carbonyl (C=O) groups excluding carboxylic acids is 1. The molecule has 5 nitrogen and oxygen atoms in total. The van der Waals surface area contributed by atoms with Gasteiger partial charge in [-0.2, -0.15) is 0 Å². The molecule has 0 unspecified atom stereocenters. The molecular weight excluding hydrogens is 294 g/mol. The summed E-state index contributed by atoms with van der Waals surface area (Å²) < 4.78 is 5.06. The van der Waals surface area contributed by atoms with Gasteiger partial charge in [0.2, 0.25) is 5.91 Å². The van der Waals surface area contributed by atoms with Crippen molar-refractivity contribution in [3.63, 3.8) is 0 Å². The van der Waals surface area contributed by atoms with E-state index in [9.17, 15) is 9.59 Å². The van der Waals surface area contributed by atoms with Gasteiger partial charge in [-0.25, -0.2) is 0 Å². The zero-order valence-corrected chi connectivity index (χ0v) is 13.2. The largest absolute Gasteiger partial charge is 0.495 e. The third-order valence-corrected chi connectivity index (χ3v) is 3.46. The van der Waals surface area contributed by atoms with E-state index in [1.165, 1.54) is 0 Å². The Morgan fingerprint density at radius 1 is 1.38 bits per heavy atom. The van der Waals surface area contributed by atoms with Crippen molar-refractivity contribution >= 4 is 23.5 Å². The molecule has 0 bridgehead atoms. The quantitative estimate of drug-likeness (QED) is 0.811. The third-order valence-electron chi connectivity index (χ3n) is 3.16. The van der Waals surface area contributed by atoms with Gasteiger partial charge in [0.15, 0.2) is 0 Å². The maximum Gasteiger partial charge on any atom is 0.310 e. The molecular formula is C15H20ClNO4. The van der Waals surface area contributed by atoms with Crippen LogP contribution in [0.4, 0.5) is 0 Å². The Hall–Kier alpha value is -1.75. The van der Waals surface area contributed by atoms with E-state index in [4.69, 9.17) is 21.4 Å². The predicted molar refractivity (Wildman–Crippen MR) is 80.8 cm³/mol. The smallest absolute Gasteiger partial charge is 0.310 e. The first-order valence-corrected chi connectivity index (χ1v) is 6.96. The van der Waals surface area contributed by atoms with E-state index in [0.29, 0.717) is 17.2 Å². The van der Waals surface area contributed by atoms with E-state index in [-0.39, 0.29) is 18.9 Å². The van der Waals surface area contributed by atoms with Crippen LogP contribution >= 0.6 is 11.6 Å². The van der Waals surface area contributed by atoms with Gasteiger partial charge in [0.05, 0.1) is 17.5 Å². The lowest BCUT2D eigenvalue weighted by molar-refractivity contribution is -0.146. The van der Waals surface area contributed by atoms with Crippen LogP contribution in [0.2, 0.25) is 5.02 Å². The molecule has 1 rings (SSSR count). The number of nitrogens with one attached hydrogen (secondary N) is 1. The van der Waals surface area contributed by atoms with Gasteiger partial charge in [-0.3, -0.25) is 9.59 Å². The molecule has 21 heavy (non-hydrogen) atoms. The summed E-state index contributed by atoms with van der Waals surface area (Å²) in [6, 6.07) is 5.36. The minimum Gasteiger partial charge on any atom is -0.495 e. The number of aliphatic carboxylic acids is 1. The number of carboxylic acids is 1. The van der Waals surface area contributed by atoms with Crippen molar-refractivity contribution in [2.24, 2.45) is 5.41 Å². The number of aryl methyl sites for hydroxylation is 1. The SMILES string of the molecule is COc1ccc(CCC(=O)NCC(C)(C)C(=O)O)cc1Cl. The van der Waals surface area contributed by atoms with E-state index < -0.39 is 11.4 Å². The second-order valence-corrected chi connectivity index (χ2v) is 5.84. The molecule has 2 N–H and O–H groups in total. The lowest BCUT2D eigenvalue weighted by atomic mass is 9.94. The molecule has 0 aliphatic rings. The number of hydrogen-bond donors (Lipinski definition) is 2. The van der Waals surface area contributed by atoms with Crippen molar-refractivity contribution in [2.75, 3.05) is 13.7 Å². The second-order valence-electron chi connectivity index (χ2n) is 5.43. The highest BCUT2D eigenvalue weighted by Gasteiger charge is 2.27. The molecule has 0 fully saturated rings. The minimum atomic E-state index is -0.973. The van der Waals surface area contributed by atoms with Gasteiger partial charge in [0.1, 0.15) is 5.75 Å². The highest BCUT2D eigenvalue weighted by molar-refractivity contribution is 6.32. The van der Waals surface area contributed by atoms with Crippen LogP contribution in [0.25, 0.3) is 0 Å². The molecule has 6 heteroatoms. The molecule has 0 saturated heterocycles. The van der Waals surface area contributed by atoms with E-state index in [2.05, 4.69) is 5.32 Å². The lowest BCUT2D eigenvalue weighted by Gasteiger charge is -2.19. The molecule has 0 heterocycles. The number of amides is 1. The topological polar surface area (TPSA) is 75.6 Å². The number of ether oxygens (including phenoxy) is 1. The fraction of sp³-hybridized carbons (Fsp3) is 0.467. The van der Waals surface area contributed by atoms with Crippen LogP contribution in [0.3, 0.4) is 0 Å². The molecule has 116 valence electrons. The Morgan fingerprint density at radius 3 is 2.57 bits per heavy atom. The summed E-state index contributed by atoms with van der Waals surface area (Å²) in [5.74, 6) is -0.533. The zero-order valence-electron chi connectivity index (χ0n) is 12.4. The van der Waals surface area contributed by atoms with Crippen LogP contribution < -0.4 is 10.1 Å². The van der Waals surface area contributed by atoms with Crippen molar-refractivity contribution in [3.05, 3.63) is 28.8 Å². The number of halogens is 1. The Morgan fingerprint density at radius 2 is 2.05 bits per heavy atom. The maximum absolute atomic E-state index is 11.7. The third kappa shape index (κ3) is 5.27. The maximum atomic E-state index is 11.7. The second kappa shape index (κ2) is 7.31. The summed E-state index contributed by atoms with van der Waals surface area (Å²) in [6.07, 6.45) is 0.807. The van der Waals surface area contributed by atoms with Crippen LogP contribution in [0.15, 0.2) is 18.2 Å². The van der Waals surface area contributed by atoms with Gasteiger partial charge < -0.3 is 15.2 Å². The van der Waals surface area contributed by atoms with Gasteiger partial charge in [0, 0.05) is 13.0 Å². The van der Waals surface area contributed by atoms with Crippen molar-refractivity contribution in [1.29, 1.82) is 0 Å². The molecule has 0 atom stereocenters. The highest BCUT2D eigenvalue weighted by Crippen LogP contribution is 2.25. The Balaban J connectivity index is 2.47. The number of methoxy groups -OCH3 is 1. The van der Waals surface area contributed by atoms with E-state index in [1.54, 1.807) is 33.1 Å². The lowest BCUT2D eigenvalue weighted by Crippen LogP contribution is -2.38. The number of rotatable bonds is 7. The highest BCUT2D eigenvalue weighted by atomic mass is 35.5. The number of carboxylic acid groups (broad SMARTS) is 1. The first kappa shape index (κ1) is 17.3. The number of hydrogen-bond acceptors (Lipinski definition) is 3. The zero-order chi connectivity index (χ0) is 16.0. The van der Waals surface area contributed by atoms with E-state index in [0.717, 1.165) is 5.56 Å². The van der Waals surface area contributed by atoms with Gasteiger partial charge in [0.25, 0.3) is 0 Å². The van der Waals surface area contributed by atoms with Crippen molar-refractivity contribution < 1.29 is 19.4 Å². The first-order valence-electron chi connectivity index (χ1n) is 6.59. The van der Waals surface area contributed by atoms with Crippen LogP contribution in [0, 0.1) is 5.41 Å². The summed E-state index contributed by atoms with van der Waals surface area (Å²) in [5.41, 5.74) is -0.0486. The summed E-state index contributed by atoms with van der Waals surface area (Å²) in [5, 5.41) is 12.1. The summed E-state index contributed by atoms with van der Waals surface area (Å²) in [4.78, 5) is 22.7. The molecule has 1 aromatic rings. The number of benzene rings is 1. The monoisotopic (exact) mass is 313 g/mol. The van der Waals surface area contributed by atoms with Crippen molar-refractivity contribution in [2.45, 2.75) is 26.7 Å². The fourth-order valence-corrected chi connectivity index (χ4v) is 1.89. The van der Waals surface area contributed by atoms with Crippen LogP contribution in [-0.2, 0) is 16.0 Å². The van der Waals surface area contributed by atoms with Gasteiger partial charge in [-0.1, -0.05) is 17.7 Å². The van der Waals surface area contributed by atoms with Crippen molar-refractivity contribution in [3.8, 4) is 5.75 Å². The fourth-order valence-electron chi connectivity index (χ4n) is 1.61. The summed E-state index contributed by atoms with van der Waals surface area (Å²) in [6.45, 7) is 3.24. The minimum absolute atomic E-state index is 0.102. The van der Waals surface area contributed by atoms with E-state index in [1.807, 2.05) is 6.07 Å². The molecule has 0 aliphatic carbocycles. The Kier molecular flexibility index (Phi) is 6.03. The molecule has 0 spiro atoms. The summed E-state index contributed by atoms with van der Waals surface area (Å²) in [7, 11) is 1.54. The van der Waals surface area contributed by atoms with Crippen LogP contribution in [0.5, 0.6) is 5.75 Å². The average Bonchev–Trinajstić information content (AvgIpc) is 2.43. The molecule has 0 aliphatic heterocycles. The molecule has 1 amide bonds. The van der Waals surface area contributed by atoms with Gasteiger partial charge in [-0.05, 0) is 38.0 Å². The summed E-state index contributed by atoms with van der Waals surface area (Å²) >= 11 is 6.01.